The maximum Gasteiger partial charge on any atom is 0.141 e. The Morgan fingerprint density at radius 3 is 2.42 bits per heavy atom. The van der Waals surface area contributed by atoms with E-state index in [9.17, 15) is 4.39 Å². The second-order valence-electron chi connectivity index (χ2n) is 6.72. The van der Waals surface area contributed by atoms with Gasteiger partial charge in [0, 0.05) is 11.6 Å². The summed E-state index contributed by atoms with van der Waals surface area (Å²) in [5, 5.41) is 3.43. The van der Waals surface area contributed by atoms with E-state index in [0.717, 1.165) is 42.8 Å². The first-order chi connectivity index (χ1) is 11.6. The Labute approximate surface area is 141 Å². The molecule has 0 radical (unpaired) electrons. The highest BCUT2D eigenvalue weighted by molar-refractivity contribution is 5.82. The van der Waals surface area contributed by atoms with Crippen LogP contribution < -0.4 is 5.32 Å². The minimum atomic E-state index is -0.213. The Kier molecular flexibility index (Phi) is 3.85. The summed E-state index contributed by atoms with van der Waals surface area (Å²) >= 11 is 0. The molecule has 4 heteroatoms. The second-order valence-corrected chi connectivity index (χ2v) is 6.72. The molecule has 0 spiro atoms. The lowest BCUT2D eigenvalue weighted by Crippen LogP contribution is -2.29. The number of imidazole rings is 1. The molecule has 0 atom stereocenters. The number of aryl methyl sites for hydroxylation is 2. The molecule has 124 valence electrons. The van der Waals surface area contributed by atoms with Crippen LogP contribution in [0.4, 0.5) is 4.39 Å². The predicted molar refractivity (Wildman–Crippen MR) is 95.7 cm³/mol. The lowest BCUT2D eigenvalue weighted by atomic mass is 10.0. The summed E-state index contributed by atoms with van der Waals surface area (Å²) in [7, 11) is 0. The summed E-state index contributed by atoms with van der Waals surface area (Å²) in [5.41, 5.74) is 5.72. The van der Waals surface area contributed by atoms with Gasteiger partial charge in [0.15, 0.2) is 0 Å². The van der Waals surface area contributed by atoms with E-state index < -0.39 is 0 Å². The van der Waals surface area contributed by atoms with Gasteiger partial charge in [0.2, 0.25) is 0 Å². The highest BCUT2D eigenvalue weighted by Crippen LogP contribution is 2.33. The molecule has 0 bridgehead atoms. The highest BCUT2D eigenvalue weighted by Gasteiger charge is 2.22. The number of piperidine rings is 1. The van der Waals surface area contributed by atoms with Crippen LogP contribution in [-0.2, 0) is 0 Å². The normalized spacial score (nSPS) is 16.0. The number of hydrogen-bond acceptors (Lipinski definition) is 2. The molecular weight excluding hydrogens is 301 g/mol. The topological polar surface area (TPSA) is 29.9 Å². The van der Waals surface area contributed by atoms with Gasteiger partial charge in [-0.1, -0.05) is 0 Å². The summed E-state index contributed by atoms with van der Waals surface area (Å²) in [5.74, 6) is 0.733. The Bertz CT molecular complexity index is 874. The average Bonchev–Trinajstić information content (AvgIpc) is 2.95. The van der Waals surface area contributed by atoms with Gasteiger partial charge in [-0.3, -0.25) is 0 Å². The largest absolute Gasteiger partial charge is 0.321 e. The summed E-state index contributed by atoms with van der Waals surface area (Å²) < 4.78 is 15.7. The quantitative estimate of drug-likeness (QED) is 0.758. The van der Waals surface area contributed by atoms with Crippen LogP contribution in [0, 0.1) is 19.7 Å². The van der Waals surface area contributed by atoms with Crippen molar-refractivity contribution in [2.45, 2.75) is 32.7 Å². The zero-order valence-corrected chi connectivity index (χ0v) is 14.1. The first-order valence-corrected chi connectivity index (χ1v) is 8.59. The van der Waals surface area contributed by atoms with Crippen LogP contribution in [0.25, 0.3) is 22.4 Å². The van der Waals surface area contributed by atoms with E-state index >= 15 is 0 Å². The Morgan fingerprint density at radius 1 is 1.04 bits per heavy atom. The average molecular weight is 323 g/mol. The first-order valence-electron chi connectivity index (χ1n) is 8.59. The fraction of sp³-hybridized carbons (Fsp3) is 0.350. The van der Waals surface area contributed by atoms with Crippen molar-refractivity contribution in [3.63, 3.8) is 0 Å². The number of nitrogens with zero attached hydrogens (tertiary/aromatic N) is 2. The van der Waals surface area contributed by atoms with E-state index in [1.165, 1.54) is 28.8 Å². The third-order valence-electron chi connectivity index (χ3n) is 5.08. The molecule has 0 unspecified atom stereocenters. The third kappa shape index (κ3) is 2.61. The molecule has 3 aromatic rings. The number of nitrogens with one attached hydrogen (secondary N) is 1. The van der Waals surface area contributed by atoms with Gasteiger partial charge in [0.05, 0.1) is 11.0 Å². The maximum absolute atomic E-state index is 13.3. The van der Waals surface area contributed by atoms with E-state index in [0.29, 0.717) is 6.04 Å². The van der Waals surface area contributed by atoms with Crippen LogP contribution >= 0.6 is 0 Å². The highest BCUT2D eigenvalue weighted by atomic mass is 19.1. The molecule has 1 aliphatic rings. The molecule has 2 heterocycles. The summed E-state index contributed by atoms with van der Waals surface area (Å²) in [6.07, 6.45) is 2.18. The van der Waals surface area contributed by atoms with Crippen LogP contribution in [0.1, 0.15) is 30.0 Å². The SMILES string of the molecule is Cc1cc2nc(-c3ccc(F)cc3)n(C3CCNCC3)c2cc1C. The number of fused-ring (bicyclic) bond motifs is 1. The molecule has 0 aliphatic carbocycles. The molecule has 1 fully saturated rings. The van der Waals surface area contributed by atoms with Crippen molar-refractivity contribution in [1.29, 1.82) is 0 Å². The summed E-state index contributed by atoms with van der Waals surface area (Å²) in [4.78, 5) is 4.91. The molecule has 1 saturated heterocycles. The van der Waals surface area contributed by atoms with Crippen molar-refractivity contribution in [2.24, 2.45) is 0 Å². The lowest BCUT2D eigenvalue weighted by Gasteiger charge is -2.26. The van der Waals surface area contributed by atoms with Crippen LogP contribution in [0.2, 0.25) is 0 Å². The number of aromatic nitrogens is 2. The van der Waals surface area contributed by atoms with E-state index in [-0.39, 0.29) is 5.82 Å². The fourth-order valence-corrected chi connectivity index (χ4v) is 3.59. The smallest absolute Gasteiger partial charge is 0.141 e. The molecule has 0 saturated carbocycles. The molecule has 24 heavy (non-hydrogen) atoms. The standard InChI is InChI=1S/C20H22FN3/c1-13-11-18-19(12-14(13)2)24(17-7-9-22-10-8-17)20(23-18)15-3-5-16(21)6-4-15/h3-6,11-12,17,22H,7-10H2,1-2H3. The predicted octanol–water partition coefficient (Wildman–Crippen LogP) is 4.38. The second kappa shape index (κ2) is 6.02. The van der Waals surface area contributed by atoms with Crippen molar-refractivity contribution in [2.75, 3.05) is 13.1 Å². The minimum absolute atomic E-state index is 0.213. The van der Waals surface area contributed by atoms with Crippen molar-refractivity contribution in [3.05, 3.63) is 53.3 Å². The monoisotopic (exact) mass is 323 g/mol. The van der Waals surface area contributed by atoms with Gasteiger partial charge in [-0.25, -0.2) is 9.37 Å². The number of halogens is 1. The molecule has 4 rings (SSSR count). The summed E-state index contributed by atoms with van der Waals surface area (Å²) in [6, 6.07) is 11.5. The molecule has 1 N–H and O–H groups in total. The molecule has 0 amide bonds. The maximum atomic E-state index is 13.3. The van der Waals surface area contributed by atoms with E-state index in [4.69, 9.17) is 4.98 Å². The molecule has 1 aromatic heterocycles. The van der Waals surface area contributed by atoms with E-state index in [1.807, 2.05) is 12.1 Å². The van der Waals surface area contributed by atoms with Gasteiger partial charge < -0.3 is 9.88 Å². The van der Waals surface area contributed by atoms with Crippen molar-refractivity contribution in [1.82, 2.24) is 14.9 Å². The number of hydrogen-bond donors (Lipinski definition) is 1. The van der Waals surface area contributed by atoms with E-state index in [1.54, 1.807) is 0 Å². The summed E-state index contributed by atoms with van der Waals surface area (Å²) in [6.45, 7) is 6.32. The van der Waals surface area contributed by atoms with Gasteiger partial charge in [-0.2, -0.15) is 0 Å². The first kappa shape index (κ1) is 15.3. The van der Waals surface area contributed by atoms with Crippen LogP contribution in [0.3, 0.4) is 0 Å². The Hall–Kier alpha value is -2.20. The van der Waals surface area contributed by atoms with Crippen LogP contribution in [0.5, 0.6) is 0 Å². The Morgan fingerprint density at radius 2 is 1.71 bits per heavy atom. The van der Waals surface area contributed by atoms with Gasteiger partial charge in [0.1, 0.15) is 11.6 Å². The molecule has 3 nitrogen and oxygen atoms in total. The fourth-order valence-electron chi connectivity index (χ4n) is 3.59. The van der Waals surface area contributed by atoms with Gasteiger partial charge in [0.25, 0.3) is 0 Å². The zero-order chi connectivity index (χ0) is 16.7. The molecule has 1 aliphatic heterocycles. The molecule has 2 aromatic carbocycles. The Balaban J connectivity index is 1.95. The lowest BCUT2D eigenvalue weighted by molar-refractivity contribution is 0.377. The van der Waals surface area contributed by atoms with Crippen molar-refractivity contribution >= 4 is 11.0 Å². The van der Waals surface area contributed by atoms with Crippen molar-refractivity contribution in [3.8, 4) is 11.4 Å². The number of benzene rings is 2. The van der Waals surface area contributed by atoms with Gasteiger partial charge in [-0.05, 0) is 87.3 Å². The van der Waals surface area contributed by atoms with Gasteiger partial charge in [-0.15, -0.1) is 0 Å². The number of rotatable bonds is 2. The molecular formula is C20H22FN3. The van der Waals surface area contributed by atoms with E-state index in [2.05, 4.69) is 35.9 Å². The zero-order valence-electron chi connectivity index (χ0n) is 14.1. The van der Waals surface area contributed by atoms with Crippen molar-refractivity contribution < 1.29 is 4.39 Å². The van der Waals surface area contributed by atoms with Gasteiger partial charge >= 0.3 is 0 Å². The van der Waals surface area contributed by atoms with Crippen LogP contribution in [-0.4, -0.2) is 22.6 Å². The minimum Gasteiger partial charge on any atom is -0.321 e. The third-order valence-corrected chi connectivity index (χ3v) is 5.08. The van der Waals surface area contributed by atoms with Crippen LogP contribution in [0.15, 0.2) is 36.4 Å².